The Bertz CT molecular complexity index is 2780. The number of carbonyl (C=O) groups is 11. The topological polar surface area (TPSA) is 586 Å². The van der Waals surface area contributed by atoms with Crippen molar-refractivity contribution in [3.05, 3.63) is 0 Å². The Kier molecular flexibility index (Phi) is 55.2. The van der Waals surface area contributed by atoms with Gasteiger partial charge in [0.05, 0.1) is 78.2 Å². The molecular formula is C81H145N11O30. The molecule has 0 aromatic rings. The monoisotopic (exact) mass is 1750 g/mol. The predicted molar refractivity (Wildman–Crippen MR) is 437 cm³/mol. The van der Waals surface area contributed by atoms with Crippen LogP contribution in [0.4, 0.5) is 0 Å². The lowest BCUT2D eigenvalue weighted by Crippen LogP contribution is -2.64. The van der Waals surface area contributed by atoms with E-state index in [4.69, 9.17) is 47.4 Å². The van der Waals surface area contributed by atoms with E-state index in [0.29, 0.717) is 77.2 Å². The van der Waals surface area contributed by atoms with E-state index in [9.17, 15) is 98.7 Å². The number of ether oxygens (including phenoxy) is 10. The van der Waals surface area contributed by atoms with Crippen LogP contribution in [0, 0.1) is 0 Å². The quantitative estimate of drug-likeness (QED) is 0.0264. The van der Waals surface area contributed by atoms with Gasteiger partial charge in [-0.1, -0.05) is 38.5 Å². The highest BCUT2D eigenvalue weighted by Crippen LogP contribution is 2.27. The number of carbonyl (C=O) groups excluding carboxylic acids is 11. The molecule has 4 heterocycles. The summed E-state index contributed by atoms with van der Waals surface area (Å²) in [6, 6.07) is -3.16. The van der Waals surface area contributed by atoms with Gasteiger partial charge in [-0.15, -0.1) is 0 Å². The van der Waals surface area contributed by atoms with Crippen molar-refractivity contribution >= 4 is 65.0 Å². The Balaban J connectivity index is 1.30. The largest absolute Gasteiger partial charge is 0.394 e. The van der Waals surface area contributed by atoms with Crippen molar-refractivity contribution in [1.29, 1.82) is 0 Å². The van der Waals surface area contributed by atoms with Gasteiger partial charge in [0.15, 0.2) is 18.9 Å². The first-order valence-corrected chi connectivity index (χ1v) is 43.6. The molecule has 0 bridgehead atoms. The number of unbranched alkanes of at least 4 members (excludes halogenated alkanes) is 10. The Hall–Kier alpha value is -6.59. The average Bonchev–Trinajstić information content (AvgIpc) is 1.00. The van der Waals surface area contributed by atoms with Gasteiger partial charge in [0.2, 0.25) is 65.0 Å². The number of aliphatic hydroxyl groups is 9. The lowest BCUT2D eigenvalue weighted by molar-refractivity contribution is -0.270. The summed E-state index contributed by atoms with van der Waals surface area (Å²) < 4.78 is 58.1. The summed E-state index contributed by atoms with van der Waals surface area (Å²) in [4.78, 5) is 142. The second kappa shape index (κ2) is 62.5. The lowest BCUT2D eigenvalue weighted by Gasteiger charge is -2.42. The van der Waals surface area contributed by atoms with Gasteiger partial charge in [-0.25, -0.2) is 0 Å². The number of hydrogen-bond acceptors (Lipinski definition) is 30. The summed E-state index contributed by atoms with van der Waals surface area (Å²) in [6.07, 6.45) is -2.50. The van der Waals surface area contributed by atoms with Crippen LogP contribution >= 0.6 is 0 Å². The molecular weight excluding hydrogens is 1610 g/mol. The first-order valence-electron chi connectivity index (χ1n) is 43.6. The number of aliphatic hydroxyl groups excluding tert-OH is 9. The van der Waals surface area contributed by atoms with Crippen molar-refractivity contribution in [1.82, 2.24) is 58.1 Å². The molecule has 0 spiro atoms. The van der Waals surface area contributed by atoms with Gasteiger partial charge in [0.25, 0.3) is 0 Å². The van der Waals surface area contributed by atoms with E-state index in [0.717, 1.165) is 64.3 Å². The highest BCUT2D eigenvalue weighted by atomic mass is 16.7. The lowest BCUT2D eigenvalue weighted by atomic mass is 9.97. The molecule has 16 atom stereocenters. The van der Waals surface area contributed by atoms with E-state index in [2.05, 4.69) is 53.2 Å². The number of amides is 11. The first-order chi connectivity index (χ1) is 58.5. The van der Waals surface area contributed by atoms with Crippen LogP contribution in [0.2, 0.25) is 0 Å². The number of hydrogen-bond donors (Lipinski definition) is 19. The van der Waals surface area contributed by atoms with Crippen LogP contribution in [0.3, 0.4) is 0 Å². The van der Waals surface area contributed by atoms with Crippen molar-refractivity contribution in [2.24, 2.45) is 0 Å². The third-order valence-corrected chi connectivity index (χ3v) is 20.8. The molecule has 11 amide bonds. The first kappa shape index (κ1) is 108. The number of rotatable bonds is 66. The van der Waals surface area contributed by atoms with Crippen molar-refractivity contribution < 1.29 is 146 Å². The number of nitrogens with zero attached hydrogens (tertiary/aromatic N) is 1. The molecule has 4 aliphatic rings. The van der Waals surface area contributed by atoms with E-state index in [1.165, 1.54) is 20.8 Å². The Morgan fingerprint density at radius 2 is 0.672 bits per heavy atom. The SMILES string of the molecule is CC(=O)NC1C(OCCCCC(=O)NCCCNC(=O)CCOCC(COCCC(=O)NCCCNC(=O)CCCCOC2OC(CO)C(O)C(O)C2NC(C)=O)(COCCC(=O)NCCCNC(=O)CCCCOC2OC(CO)C(O)C(O)C2NC(C)=O)NC(=O)CCCCCCCCCCC(=O)N2CCC[C@H]2COC(C)C)OC(CO)C(O)C1O. The van der Waals surface area contributed by atoms with E-state index < -0.39 is 135 Å². The third kappa shape index (κ3) is 44.0. The van der Waals surface area contributed by atoms with Gasteiger partial charge in [0.1, 0.15) is 78.6 Å². The Labute approximate surface area is 715 Å². The second-order valence-corrected chi connectivity index (χ2v) is 31.8. The van der Waals surface area contributed by atoms with Gasteiger partial charge in [0, 0.05) is 138 Å². The summed E-state index contributed by atoms with van der Waals surface area (Å²) in [5, 5.41) is 119. The molecule has 0 aromatic carbocycles. The van der Waals surface area contributed by atoms with Gasteiger partial charge in [-0.2, -0.15) is 0 Å². The third-order valence-electron chi connectivity index (χ3n) is 20.8. The Morgan fingerprint density at radius 3 is 0.984 bits per heavy atom. The van der Waals surface area contributed by atoms with Gasteiger partial charge in [-0.05, 0) is 97.3 Å². The summed E-state index contributed by atoms with van der Waals surface area (Å²) in [5.74, 6) is -3.50. The highest BCUT2D eigenvalue weighted by molar-refractivity contribution is 5.79. The second-order valence-electron chi connectivity index (χ2n) is 31.8. The molecule has 41 heteroatoms. The van der Waals surface area contributed by atoms with Crippen molar-refractivity contribution in [3.8, 4) is 0 Å². The molecule has 4 rings (SSSR count). The standard InChI is InChI=1S/C81H145N11O30/c1-53(2)119-49-57-24-20-39-92(57)68(106)29-13-11-9-7-6-8-10-12-28-67(105)91-81(50-113-43-30-64(102)85-36-21-33-82-61(99)25-14-17-40-116-78-69(88-54(3)96)75(110)72(107)58(46-93)120-78,51-114-44-31-65(103)86-37-22-34-83-62(100)26-15-18-41-117-79-70(89-55(4)97)76(111)73(108)59(47-94)121-79)52-115-45-32-66(104)87-38-23-35-84-63(101)27-16-19-42-118-80-71(90-56(5)98)77(112)74(109)60(48-95)122-80/h53,57-60,69-80,93-95,107-112H,6-52H2,1-5H3,(H,82,99)(H,83,100)(H,84,101)(H,85,102)(H,86,103)(H,87,104)(H,88,96)(H,89,97)(H,90,98)(H,91,105)/t57-,58?,59?,60?,69?,70?,71?,72?,73?,74?,75?,76?,77?,78?,79?,80?,81?/m0/s1. The fourth-order valence-electron chi connectivity index (χ4n) is 14.1. The van der Waals surface area contributed by atoms with Crippen LogP contribution in [-0.4, -0.2) is 357 Å². The zero-order valence-corrected chi connectivity index (χ0v) is 72.1. The molecule has 15 unspecified atom stereocenters. The highest BCUT2D eigenvalue weighted by Gasteiger charge is 2.48. The molecule has 0 radical (unpaired) electrons. The number of nitrogens with one attached hydrogen (secondary N) is 10. The van der Waals surface area contributed by atoms with E-state index in [1.807, 2.05) is 18.7 Å². The van der Waals surface area contributed by atoms with Crippen molar-refractivity contribution in [2.45, 2.75) is 318 Å². The zero-order chi connectivity index (χ0) is 89.6. The molecule has 122 heavy (non-hydrogen) atoms. The molecule has 704 valence electrons. The van der Waals surface area contributed by atoms with E-state index in [-0.39, 0.29) is 203 Å². The minimum Gasteiger partial charge on any atom is -0.394 e. The number of likely N-dealkylation sites (tertiary alicyclic amines) is 1. The van der Waals surface area contributed by atoms with Crippen LogP contribution in [-0.2, 0) is 100 Å². The molecule has 4 fully saturated rings. The maximum absolute atomic E-state index is 14.1. The van der Waals surface area contributed by atoms with E-state index >= 15 is 0 Å². The summed E-state index contributed by atoms with van der Waals surface area (Å²) in [6.45, 7) is 7.73. The fraction of sp³-hybridized carbons (Fsp3) is 0.864. The molecule has 4 saturated heterocycles. The molecule has 41 nitrogen and oxygen atoms in total. The van der Waals surface area contributed by atoms with Gasteiger partial charge >= 0.3 is 0 Å². The normalized spacial score (nSPS) is 24.5. The molecule has 0 aliphatic carbocycles. The molecule has 0 aromatic heterocycles. The summed E-state index contributed by atoms with van der Waals surface area (Å²) >= 11 is 0. The Morgan fingerprint density at radius 1 is 0.377 bits per heavy atom. The summed E-state index contributed by atoms with van der Waals surface area (Å²) in [5.41, 5.74) is -1.42. The maximum Gasteiger partial charge on any atom is 0.222 e. The zero-order valence-electron chi connectivity index (χ0n) is 72.1. The van der Waals surface area contributed by atoms with Crippen molar-refractivity contribution in [3.63, 3.8) is 0 Å². The van der Waals surface area contributed by atoms with Crippen LogP contribution in [0.5, 0.6) is 0 Å². The summed E-state index contributed by atoms with van der Waals surface area (Å²) in [7, 11) is 0. The van der Waals surface area contributed by atoms with Crippen LogP contribution in [0.15, 0.2) is 0 Å². The molecule has 4 aliphatic heterocycles. The van der Waals surface area contributed by atoms with Crippen LogP contribution < -0.4 is 53.2 Å². The predicted octanol–water partition coefficient (Wildman–Crippen LogP) is -3.36. The molecule has 0 saturated carbocycles. The minimum atomic E-state index is -1.46. The van der Waals surface area contributed by atoms with Crippen LogP contribution in [0.25, 0.3) is 0 Å². The maximum atomic E-state index is 14.1. The van der Waals surface area contributed by atoms with Gasteiger partial charge < -0.3 is 151 Å². The van der Waals surface area contributed by atoms with Crippen molar-refractivity contribution in [2.75, 3.05) is 132 Å². The smallest absolute Gasteiger partial charge is 0.222 e. The average molecular weight is 1750 g/mol. The van der Waals surface area contributed by atoms with Gasteiger partial charge in [-0.3, -0.25) is 52.7 Å². The minimum absolute atomic E-state index is 0.0776. The van der Waals surface area contributed by atoms with Crippen LogP contribution in [0.1, 0.15) is 208 Å². The fourth-order valence-corrected chi connectivity index (χ4v) is 14.1. The molecule has 19 N–H and O–H groups in total. The van der Waals surface area contributed by atoms with E-state index in [1.54, 1.807) is 0 Å².